The maximum absolute atomic E-state index is 12.6. The lowest BCUT2D eigenvalue weighted by molar-refractivity contribution is 0.115. The highest BCUT2D eigenvalue weighted by Gasteiger charge is 2.24. The Kier molecular flexibility index (Phi) is 7.88. The van der Waals surface area contributed by atoms with E-state index < -0.39 is 0 Å². The number of methoxy groups -OCH3 is 2. The molecule has 0 radical (unpaired) electrons. The normalized spacial score (nSPS) is 13.7. The minimum absolute atomic E-state index is 0.0374. The fraction of sp³-hybridized carbons (Fsp3) is 0.276. The van der Waals surface area contributed by atoms with Gasteiger partial charge >= 0.3 is 6.03 Å². The molecule has 39 heavy (non-hydrogen) atoms. The Labute approximate surface area is 232 Å². The number of nitrogens with one attached hydrogen (secondary N) is 2. The van der Waals surface area contributed by atoms with Crippen molar-refractivity contribution in [1.29, 1.82) is 0 Å². The van der Waals surface area contributed by atoms with Crippen molar-refractivity contribution in [2.24, 2.45) is 0 Å². The number of nitrogens with zero attached hydrogens (tertiary/aromatic N) is 3. The van der Waals surface area contributed by atoms with Gasteiger partial charge in [-0.3, -0.25) is 0 Å². The number of amides is 2. The number of rotatable bonds is 7. The predicted molar refractivity (Wildman–Crippen MR) is 153 cm³/mol. The Bertz CT molecular complexity index is 1470. The number of piperidine rings is 1. The summed E-state index contributed by atoms with van der Waals surface area (Å²) in [5.74, 6) is 2.71. The lowest BCUT2D eigenvalue weighted by Crippen LogP contribution is -2.43. The van der Waals surface area contributed by atoms with Crippen LogP contribution < -0.4 is 24.8 Å². The SMILES string of the molecule is COc1cc2ncnc(Nc3ccc(OC4CCN(C(=O)Nc5ccc(Cl)cc5)CC4)c(C)c3)c2cc1OC. The van der Waals surface area contributed by atoms with E-state index in [1.807, 2.05) is 42.2 Å². The number of carbonyl (C=O) groups excluding carboxylic acids is 1. The number of carbonyl (C=O) groups is 1. The smallest absolute Gasteiger partial charge is 0.321 e. The summed E-state index contributed by atoms with van der Waals surface area (Å²) in [4.78, 5) is 23.2. The Morgan fingerprint density at radius 3 is 2.31 bits per heavy atom. The molecule has 2 heterocycles. The van der Waals surface area contributed by atoms with Crippen molar-refractivity contribution in [3.05, 3.63) is 71.5 Å². The first kappa shape index (κ1) is 26.4. The molecule has 2 N–H and O–H groups in total. The molecule has 202 valence electrons. The van der Waals surface area contributed by atoms with Gasteiger partial charge < -0.3 is 29.7 Å². The van der Waals surface area contributed by atoms with E-state index in [1.165, 1.54) is 6.33 Å². The number of benzene rings is 3. The summed E-state index contributed by atoms with van der Waals surface area (Å²) >= 11 is 5.92. The van der Waals surface area contributed by atoms with Crippen molar-refractivity contribution in [2.75, 3.05) is 37.9 Å². The zero-order chi connectivity index (χ0) is 27.4. The van der Waals surface area contributed by atoms with Crippen LogP contribution in [-0.2, 0) is 0 Å². The molecular formula is C29H30ClN5O4. The van der Waals surface area contributed by atoms with Gasteiger partial charge in [0.1, 0.15) is 24.0 Å². The molecule has 4 aromatic rings. The Morgan fingerprint density at radius 1 is 0.923 bits per heavy atom. The first-order valence-electron chi connectivity index (χ1n) is 12.7. The number of likely N-dealkylation sites (tertiary alicyclic amines) is 1. The number of hydrogen-bond donors (Lipinski definition) is 2. The summed E-state index contributed by atoms with van der Waals surface area (Å²) in [6.07, 6.45) is 3.07. The maximum Gasteiger partial charge on any atom is 0.321 e. The van der Waals surface area contributed by atoms with Crippen LogP contribution in [0.25, 0.3) is 10.9 Å². The molecule has 0 saturated carbocycles. The van der Waals surface area contributed by atoms with Gasteiger partial charge in [-0.05, 0) is 61.0 Å². The molecule has 2 amide bonds. The Hall–Kier alpha value is -4.24. The molecule has 0 atom stereocenters. The molecule has 0 bridgehead atoms. The molecule has 1 aliphatic heterocycles. The number of urea groups is 1. The Morgan fingerprint density at radius 2 is 1.62 bits per heavy atom. The van der Waals surface area contributed by atoms with Crippen LogP contribution in [0.5, 0.6) is 17.2 Å². The molecule has 5 rings (SSSR count). The number of ether oxygens (including phenoxy) is 3. The average molecular weight is 548 g/mol. The van der Waals surface area contributed by atoms with Gasteiger partial charge in [-0.1, -0.05) is 11.6 Å². The lowest BCUT2D eigenvalue weighted by atomic mass is 10.1. The van der Waals surface area contributed by atoms with Crippen LogP contribution in [0.1, 0.15) is 18.4 Å². The molecule has 0 spiro atoms. The fourth-order valence-corrected chi connectivity index (χ4v) is 4.70. The maximum atomic E-state index is 12.6. The quantitative estimate of drug-likeness (QED) is 0.275. The third-order valence-electron chi connectivity index (χ3n) is 6.70. The zero-order valence-electron chi connectivity index (χ0n) is 22.0. The molecule has 1 fully saturated rings. The highest BCUT2D eigenvalue weighted by molar-refractivity contribution is 6.30. The minimum atomic E-state index is -0.115. The van der Waals surface area contributed by atoms with Crippen molar-refractivity contribution in [3.63, 3.8) is 0 Å². The third kappa shape index (κ3) is 6.09. The Balaban J connectivity index is 1.20. The van der Waals surface area contributed by atoms with Gasteiger partial charge in [-0.2, -0.15) is 0 Å². The van der Waals surface area contributed by atoms with E-state index in [2.05, 4.69) is 20.6 Å². The van der Waals surface area contributed by atoms with Crippen LogP contribution in [0.3, 0.4) is 0 Å². The van der Waals surface area contributed by atoms with E-state index in [0.717, 1.165) is 46.4 Å². The van der Waals surface area contributed by atoms with Gasteiger partial charge in [0.25, 0.3) is 0 Å². The molecule has 0 unspecified atom stereocenters. The monoisotopic (exact) mass is 547 g/mol. The van der Waals surface area contributed by atoms with E-state index >= 15 is 0 Å². The number of halogens is 1. The van der Waals surface area contributed by atoms with E-state index in [1.54, 1.807) is 38.5 Å². The molecular weight excluding hydrogens is 518 g/mol. The molecule has 10 heteroatoms. The van der Waals surface area contributed by atoms with Gasteiger partial charge in [0, 0.05) is 53.8 Å². The number of aryl methyl sites for hydroxylation is 1. The number of hydrogen-bond acceptors (Lipinski definition) is 7. The van der Waals surface area contributed by atoms with Crippen LogP contribution >= 0.6 is 11.6 Å². The summed E-state index contributed by atoms with van der Waals surface area (Å²) in [5.41, 5.74) is 3.35. The number of fused-ring (bicyclic) bond motifs is 1. The fourth-order valence-electron chi connectivity index (χ4n) is 4.57. The molecule has 9 nitrogen and oxygen atoms in total. The second-order valence-electron chi connectivity index (χ2n) is 9.29. The van der Waals surface area contributed by atoms with E-state index in [-0.39, 0.29) is 12.1 Å². The van der Waals surface area contributed by atoms with Crippen molar-refractivity contribution in [1.82, 2.24) is 14.9 Å². The van der Waals surface area contributed by atoms with Crippen molar-refractivity contribution in [3.8, 4) is 17.2 Å². The van der Waals surface area contributed by atoms with Crippen molar-refractivity contribution >= 4 is 45.7 Å². The lowest BCUT2D eigenvalue weighted by Gasteiger charge is -2.32. The van der Waals surface area contributed by atoms with Crippen molar-refractivity contribution in [2.45, 2.75) is 25.9 Å². The molecule has 3 aromatic carbocycles. The van der Waals surface area contributed by atoms with Crippen LogP contribution in [0.2, 0.25) is 5.02 Å². The topological polar surface area (TPSA) is 97.8 Å². The van der Waals surface area contributed by atoms with Gasteiger partial charge in [0.15, 0.2) is 11.5 Å². The summed E-state index contributed by atoms with van der Waals surface area (Å²) in [5, 5.41) is 7.76. The average Bonchev–Trinajstić information content (AvgIpc) is 2.95. The second-order valence-corrected chi connectivity index (χ2v) is 9.73. The van der Waals surface area contributed by atoms with Crippen molar-refractivity contribution < 1.29 is 19.0 Å². The number of aromatic nitrogens is 2. The van der Waals surface area contributed by atoms with Gasteiger partial charge in [0.2, 0.25) is 0 Å². The third-order valence-corrected chi connectivity index (χ3v) is 6.95. The highest BCUT2D eigenvalue weighted by atomic mass is 35.5. The van der Waals surface area contributed by atoms with Crippen LogP contribution in [0.4, 0.5) is 22.0 Å². The van der Waals surface area contributed by atoms with Crippen LogP contribution in [0, 0.1) is 6.92 Å². The first-order valence-corrected chi connectivity index (χ1v) is 13.0. The van der Waals surface area contributed by atoms with Gasteiger partial charge in [-0.15, -0.1) is 0 Å². The van der Waals surface area contributed by atoms with E-state index in [4.69, 9.17) is 25.8 Å². The highest BCUT2D eigenvalue weighted by Crippen LogP contribution is 2.35. The van der Waals surface area contributed by atoms with Crippen LogP contribution in [-0.4, -0.2) is 54.3 Å². The number of anilines is 3. The molecule has 0 aliphatic carbocycles. The molecule has 1 aromatic heterocycles. The predicted octanol–water partition coefficient (Wildman–Crippen LogP) is 6.43. The van der Waals surface area contributed by atoms with E-state index in [0.29, 0.717) is 35.4 Å². The zero-order valence-corrected chi connectivity index (χ0v) is 22.8. The first-order chi connectivity index (χ1) is 18.9. The minimum Gasteiger partial charge on any atom is -0.493 e. The standard InChI is InChI=1S/C29H30ClN5O4/c1-18-14-21(33-28-23-15-26(37-2)27(38-3)16-24(23)31-17-32-28)8-9-25(18)39-22-10-12-35(13-11-22)29(36)34-20-6-4-19(30)5-7-20/h4-9,14-17,22H,10-13H2,1-3H3,(H,34,36)(H,31,32,33). The second kappa shape index (κ2) is 11.7. The largest absolute Gasteiger partial charge is 0.493 e. The van der Waals surface area contributed by atoms with Gasteiger partial charge in [0.05, 0.1) is 19.7 Å². The molecule has 1 aliphatic rings. The summed E-state index contributed by atoms with van der Waals surface area (Å²) in [7, 11) is 3.20. The summed E-state index contributed by atoms with van der Waals surface area (Å²) < 4.78 is 17.2. The van der Waals surface area contributed by atoms with Gasteiger partial charge in [-0.25, -0.2) is 14.8 Å². The summed E-state index contributed by atoms with van der Waals surface area (Å²) in [6, 6.07) is 16.6. The molecule has 1 saturated heterocycles. The summed E-state index contributed by atoms with van der Waals surface area (Å²) in [6.45, 7) is 3.26. The van der Waals surface area contributed by atoms with E-state index in [9.17, 15) is 4.79 Å². The van der Waals surface area contributed by atoms with Crippen LogP contribution in [0.15, 0.2) is 60.9 Å².